The molecule has 5 nitrogen and oxygen atoms in total. The molecule has 1 unspecified atom stereocenters. The van der Waals surface area contributed by atoms with Gasteiger partial charge in [-0.3, -0.25) is 4.79 Å². The van der Waals surface area contributed by atoms with E-state index in [2.05, 4.69) is 6.92 Å². The van der Waals surface area contributed by atoms with Crippen molar-refractivity contribution < 1.29 is 45.3 Å². The topological polar surface area (TPSA) is 95.4 Å². The Hall–Kier alpha value is 0.0600. The van der Waals surface area contributed by atoms with Crippen LogP contribution in [0.1, 0.15) is 91.8 Å². The van der Waals surface area contributed by atoms with Gasteiger partial charge in [-0.05, 0) is 25.8 Å². The van der Waals surface area contributed by atoms with Crippen LogP contribution in [-0.4, -0.2) is 24.5 Å². The van der Waals surface area contributed by atoms with Gasteiger partial charge < -0.3 is 17.6 Å². The van der Waals surface area contributed by atoms with Crippen LogP contribution in [0.2, 0.25) is 0 Å². The normalized spacial score (nSPS) is 11.6. The molecule has 0 aromatic heterocycles. The van der Waals surface area contributed by atoms with Gasteiger partial charge in [0.25, 0.3) is 0 Å². The molecule has 0 bridgehead atoms. The molecule has 138 valence electrons. The Balaban J connectivity index is -0.00000242. The van der Waals surface area contributed by atoms with Crippen molar-refractivity contribution in [2.75, 3.05) is 6.54 Å². The van der Waals surface area contributed by atoms with Crippen LogP contribution >= 0.6 is 0 Å². The van der Waals surface area contributed by atoms with Crippen LogP contribution in [0, 0.1) is 0 Å². The van der Waals surface area contributed by atoms with Crippen LogP contribution in [0.5, 0.6) is 0 Å². The molecule has 0 saturated heterocycles. The molecule has 0 aromatic rings. The van der Waals surface area contributed by atoms with Gasteiger partial charge in [-0.1, -0.05) is 64.7 Å². The average molecular weight is 352 g/mol. The van der Waals surface area contributed by atoms with Gasteiger partial charge in [-0.15, -0.1) is 0 Å². The van der Waals surface area contributed by atoms with Crippen LogP contribution in [0.3, 0.4) is 0 Å². The van der Waals surface area contributed by atoms with Gasteiger partial charge in [0.2, 0.25) is 0 Å². The minimum Gasteiger partial charge on any atom is -1.00 e. The molecule has 4 N–H and O–H groups in total. The largest absolute Gasteiger partial charge is 1.00 e. The molecule has 1 atom stereocenters. The summed E-state index contributed by atoms with van der Waals surface area (Å²) in [5.41, 5.74) is 11.1. The van der Waals surface area contributed by atoms with Crippen LogP contribution in [0.4, 0.5) is 0 Å². The Labute approximate surface area is 171 Å². The Bertz CT molecular complexity index is 321. The predicted octanol–water partition coefficient (Wildman–Crippen LogP) is 0.550. The average Bonchev–Trinajstić information content (AvgIpc) is 2.53. The number of hydrogen-bond acceptors (Lipinski definition) is 5. The van der Waals surface area contributed by atoms with Crippen LogP contribution in [0.15, 0.2) is 0 Å². The molecule has 0 aliphatic heterocycles. The van der Waals surface area contributed by atoms with E-state index < -0.39 is 18.0 Å². The van der Waals surface area contributed by atoms with Gasteiger partial charge in [0.1, 0.15) is 6.04 Å². The summed E-state index contributed by atoms with van der Waals surface area (Å²) in [6.45, 7) is 2.80. The second kappa shape index (κ2) is 19.4. The molecule has 0 radical (unpaired) electrons. The third-order valence-electron chi connectivity index (χ3n) is 3.97. The maximum atomic E-state index is 11.6. The van der Waals surface area contributed by atoms with Crippen molar-refractivity contribution in [1.29, 1.82) is 0 Å². The molecular weight excluding hydrogens is 315 g/mol. The SMILES string of the molecule is CCCCCCCCCCCC(=O)OC(=O)C(N)CCCCN.[H-].[Na+]. The first kappa shape index (κ1) is 26.3. The smallest absolute Gasteiger partial charge is 1.00 e. The minimum absolute atomic E-state index is 0. The third-order valence-corrected chi connectivity index (χ3v) is 3.97. The van der Waals surface area contributed by atoms with Crippen LogP contribution in [-0.2, 0) is 14.3 Å². The van der Waals surface area contributed by atoms with E-state index in [1.165, 1.54) is 38.5 Å². The fraction of sp³-hybridized carbons (Fsp3) is 0.889. The first-order valence-electron chi connectivity index (χ1n) is 9.32. The van der Waals surface area contributed by atoms with Gasteiger partial charge >= 0.3 is 41.5 Å². The van der Waals surface area contributed by atoms with E-state index >= 15 is 0 Å². The quantitative estimate of drug-likeness (QED) is 0.194. The first-order valence-corrected chi connectivity index (χ1v) is 9.32. The zero-order chi connectivity index (χ0) is 17.3. The molecule has 0 aliphatic rings. The molecule has 24 heavy (non-hydrogen) atoms. The van der Waals surface area contributed by atoms with Crippen molar-refractivity contribution in [1.82, 2.24) is 0 Å². The second-order valence-corrected chi connectivity index (χ2v) is 6.26. The zero-order valence-electron chi connectivity index (χ0n) is 16.9. The molecule has 0 aliphatic carbocycles. The van der Waals surface area contributed by atoms with E-state index in [1.807, 2.05) is 0 Å². The monoisotopic (exact) mass is 352 g/mol. The van der Waals surface area contributed by atoms with Gasteiger partial charge in [0, 0.05) is 6.42 Å². The molecule has 6 heteroatoms. The summed E-state index contributed by atoms with van der Waals surface area (Å²) in [5.74, 6) is -1.06. The Morgan fingerprint density at radius 1 is 0.917 bits per heavy atom. The number of esters is 2. The van der Waals surface area contributed by atoms with Crippen molar-refractivity contribution in [3.05, 3.63) is 0 Å². The second-order valence-electron chi connectivity index (χ2n) is 6.26. The van der Waals surface area contributed by atoms with E-state index in [9.17, 15) is 9.59 Å². The number of hydrogen-bond donors (Lipinski definition) is 2. The van der Waals surface area contributed by atoms with Gasteiger partial charge in [0.05, 0.1) is 0 Å². The number of ether oxygens (including phenoxy) is 1. The minimum atomic E-state index is -0.714. The van der Waals surface area contributed by atoms with Crippen LogP contribution in [0.25, 0.3) is 0 Å². The Kier molecular flexibility index (Phi) is 21.2. The Morgan fingerprint density at radius 3 is 2.00 bits per heavy atom. The summed E-state index contributed by atoms with van der Waals surface area (Å²) in [5, 5.41) is 0. The van der Waals surface area contributed by atoms with E-state index in [4.69, 9.17) is 16.2 Å². The fourth-order valence-corrected chi connectivity index (χ4v) is 2.45. The molecule has 0 spiro atoms. The summed E-state index contributed by atoms with van der Waals surface area (Å²) in [6.07, 6.45) is 13.1. The number of rotatable bonds is 15. The van der Waals surface area contributed by atoms with E-state index in [1.54, 1.807) is 0 Å². The summed E-state index contributed by atoms with van der Waals surface area (Å²) in [6, 6.07) is -0.714. The van der Waals surface area contributed by atoms with Crippen molar-refractivity contribution in [3.63, 3.8) is 0 Å². The van der Waals surface area contributed by atoms with Gasteiger partial charge in [0.15, 0.2) is 0 Å². The number of carbonyl (C=O) groups excluding carboxylic acids is 2. The maximum absolute atomic E-state index is 11.6. The molecular formula is C18H37N2NaO3. The summed E-state index contributed by atoms with van der Waals surface area (Å²) in [7, 11) is 0. The molecule has 0 rings (SSSR count). The molecule has 0 fully saturated rings. The van der Waals surface area contributed by atoms with E-state index in [0.29, 0.717) is 19.4 Å². The van der Waals surface area contributed by atoms with Gasteiger partial charge in [-0.2, -0.15) is 0 Å². The summed E-state index contributed by atoms with van der Waals surface area (Å²) in [4.78, 5) is 23.2. The molecule has 0 heterocycles. The van der Waals surface area contributed by atoms with Crippen LogP contribution < -0.4 is 41.0 Å². The Morgan fingerprint density at radius 2 is 1.46 bits per heavy atom. The standard InChI is InChI=1S/C18H36N2O3.Na.H/c1-2-3-4-5-6-7-8-9-10-14-17(21)23-18(22)16(20)13-11-12-15-19;;/h16H,2-15,19-20H2,1H3;;/q;+1;-1. The van der Waals surface area contributed by atoms with Gasteiger partial charge in [-0.25, -0.2) is 4.79 Å². The molecule has 0 amide bonds. The third kappa shape index (κ3) is 16.9. The van der Waals surface area contributed by atoms with Crippen molar-refractivity contribution in [2.24, 2.45) is 11.5 Å². The number of unbranched alkanes of at least 4 members (excludes halogenated alkanes) is 9. The number of nitrogens with two attached hydrogens (primary N) is 2. The van der Waals surface area contributed by atoms with E-state index in [0.717, 1.165) is 32.1 Å². The first-order chi connectivity index (χ1) is 11.1. The summed E-state index contributed by atoms with van der Waals surface area (Å²) < 4.78 is 4.78. The van der Waals surface area contributed by atoms with Crippen molar-refractivity contribution in [3.8, 4) is 0 Å². The predicted molar refractivity (Wildman–Crippen MR) is 94.9 cm³/mol. The van der Waals surface area contributed by atoms with Crippen molar-refractivity contribution in [2.45, 2.75) is 96.4 Å². The van der Waals surface area contributed by atoms with Crippen molar-refractivity contribution >= 4 is 11.9 Å². The molecule has 0 saturated carbocycles. The van der Waals surface area contributed by atoms with E-state index in [-0.39, 0.29) is 31.0 Å². The fourth-order valence-electron chi connectivity index (χ4n) is 2.45. The number of carbonyl (C=O) groups is 2. The summed E-state index contributed by atoms with van der Waals surface area (Å²) >= 11 is 0. The zero-order valence-corrected chi connectivity index (χ0v) is 17.9. The maximum Gasteiger partial charge on any atom is 1.00 e. The molecule has 0 aromatic carbocycles.